The molecule has 206 valence electrons. The van der Waals surface area contributed by atoms with Crippen LogP contribution in [0.5, 0.6) is 11.5 Å². The summed E-state index contributed by atoms with van der Waals surface area (Å²) in [5.41, 5.74) is 6.00. The molecule has 2 aliphatic rings. The topological polar surface area (TPSA) is 97.1 Å². The molecule has 0 unspecified atom stereocenters. The Labute approximate surface area is 233 Å². The molecule has 9 heteroatoms. The molecule has 2 aliphatic heterocycles. The van der Waals surface area contributed by atoms with Crippen LogP contribution in [0.15, 0.2) is 72.9 Å². The molecule has 1 amide bonds. The van der Waals surface area contributed by atoms with E-state index in [0.717, 1.165) is 60.1 Å². The third kappa shape index (κ3) is 5.46. The number of benzene rings is 3. The molecule has 0 radical (unpaired) electrons. The zero-order chi connectivity index (χ0) is 27.6. The second-order valence-corrected chi connectivity index (χ2v) is 10.6. The number of aromatic nitrogens is 2. The average molecular weight is 539 g/mol. The Morgan fingerprint density at radius 3 is 2.50 bits per heavy atom. The maximum atomic E-state index is 13.5. The van der Waals surface area contributed by atoms with Gasteiger partial charge in [-0.3, -0.25) is 14.4 Å². The van der Waals surface area contributed by atoms with E-state index in [1.54, 1.807) is 12.1 Å². The highest BCUT2D eigenvalue weighted by atomic mass is 16.3. The normalized spacial score (nSPS) is 15.2. The van der Waals surface area contributed by atoms with Gasteiger partial charge in [0.1, 0.15) is 17.3 Å². The molecule has 0 saturated carbocycles. The van der Waals surface area contributed by atoms with E-state index < -0.39 is 0 Å². The molecule has 0 atom stereocenters. The molecule has 3 aromatic carbocycles. The number of amides is 1. The van der Waals surface area contributed by atoms with E-state index in [-0.39, 0.29) is 17.4 Å². The number of anilines is 4. The van der Waals surface area contributed by atoms with Gasteiger partial charge in [0.15, 0.2) is 0 Å². The molecule has 4 aromatic rings. The minimum Gasteiger partial charge on any atom is -0.508 e. The molecule has 0 bridgehead atoms. The van der Waals surface area contributed by atoms with Gasteiger partial charge in [0.2, 0.25) is 5.91 Å². The van der Waals surface area contributed by atoms with Crippen molar-refractivity contribution in [1.29, 1.82) is 0 Å². The van der Waals surface area contributed by atoms with E-state index in [0.29, 0.717) is 25.9 Å². The summed E-state index contributed by atoms with van der Waals surface area (Å²) in [7, 11) is 1.90. The van der Waals surface area contributed by atoms with Crippen LogP contribution < -0.4 is 15.1 Å². The first-order valence-electron chi connectivity index (χ1n) is 13.7. The Bertz CT molecular complexity index is 1510. The second-order valence-electron chi connectivity index (χ2n) is 10.6. The van der Waals surface area contributed by atoms with Crippen LogP contribution in [0, 0.1) is 0 Å². The predicted molar refractivity (Wildman–Crippen MR) is 156 cm³/mol. The predicted octanol–water partition coefficient (Wildman–Crippen LogP) is 4.38. The highest BCUT2D eigenvalue weighted by Gasteiger charge is 2.25. The maximum Gasteiger partial charge on any atom is 0.227 e. The van der Waals surface area contributed by atoms with E-state index >= 15 is 0 Å². The minimum atomic E-state index is 0.0856. The summed E-state index contributed by atoms with van der Waals surface area (Å²) in [6, 6.07) is 21.2. The van der Waals surface area contributed by atoms with Crippen LogP contribution in [0.2, 0.25) is 0 Å². The van der Waals surface area contributed by atoms with Gasteiger partial charge in [0.05, 0.1) is 24.1 Å². The first kappa shape index (κ1) is 25.8. The zero-order valence-corrected chi connectivity index (χ0v) is 22.6. The van der Waals surface area contributed by atoms with E-state index in [2.05, 4.69) is 44.5 Å². The van der Waals surface area contributed by atoms with Crippen molar-refractivity contribution >= 4 is 28.8 Å². The van der Waals surface area contributed by atoms with E-state index in [9.17, 15) is 15.0 Å². The van der Waals surface area contributed by atoms with Crippen LogP contribution >= 0.6 is 0 Å². The fourth-order valence-corrected chi connectivity index (χ4v) is 5.65. The minimum absolute atomic E-state index is 0.0856. The van der Waals surface area contributed by atoms with Crippen molar-refractivity contribution in [2.24, 2.45) is 7.05 Å². The Balaban J connectivity index is 1.08. The molecule has 1 saturated heterocycles. The number of fused-ring (bicyclic) bond motifs is 2. The lowest BCUT2D eigenvalue weighted by Gasteiger charge is -2.36. The van der Waals surface area contributed by atoms with Crippen molar-refractivity contribution in [1.82, 2.24) is 14.7 Å². The molecule has 9 nitrogen and oxygen atoms in total. The number of nitrogens with one attached hydrogen (secondary N) is 1. The van der Waals surface area contributed by atoms with Gasteiger partial charge in [-0.05, 0) is 53.9 Å². The number of aromatic hydroxyl groups is 2. The van der Waals surface area contributed by atoms with Gasteiger partial charge in [-0.1, -0.05) is 24.3 Å². The largest absolute Gasteiger partial charge is 0.508 e. The number of hydrogen-bond donors (Lipinski definition) is 3. The molecule has 0 spiro atoms. The average Bonchev–Trinajstić information content (AvgIpc) is 3.19. The SMILES string of the molecule is Cn1ncc2c1Nc1ccccc1N(C(=O)CCc1cccc(N3CCN(Cc4cc(O)cc(O)c4)CC3)c1)C2. The van der Waals surface area contributed by atoms with Crippen LogP contribution in [0.3, 0.4) is 0 Å². The molecule has 3 heterocycles. The number of rotatable bonds is 6. The summed E-state index contributed by atoms with van der Waals surface area (Å²) in [6.45, 7) is 4.72. The van der Waals surface area contributed by atoms with E-state index in [1.165, 1.54) is 11.8 Å². The Kier molecular flexibility index (Phi) is 7.04. The van der Waals surface area contributed by atoms with Gasteiger partial charge in [0.25, 0.3) is 0 Å². The highest BCUT2D eigenvalue weighted by Crippen LogP contribution is 2.35. The highest BCUT2D eigenvalue weighted by molar-refractivity contribution is 5.98. The van der Waals surface area contributed by atoms with Gasteiger partial charge >= 0.3 is 0 Å². The van der Waals surface area contributed by atoms with Gasteiger partial charge in [-0.2, -0.15) is 5.10 Å². The fraction of sp³-hybridized carbons (Fsp3) is 0.290. The van der Waals surface area contributed by atoms with Crippen molar-refractivity contribution < 1.29 is 15.0 Å². The number of carbonyl (C=O) groups is 1. The summed E-state index contributed by atoms with van der Waals surface area (Å²) in [4.78, 5) is 20.1. The molecule has 0 aliphatic carbocycles. The lowest BCUT2D eigenvalue weighted by atomic mass is 10.1. The summed E-state index contributed by atoms with van der Waals surface area (Å²) in [5.74, 6) is 1.17. The number of hydrogen-bond acceptors (Lipinski definition) is 7. The fourth-order valence-electron chi connectivity index (χ4n) is 5.65. The lowest BCUT2D eigenvalue weighted by Crippen LogP contribution is -2.46. The van der Waals surface area contributed by atoms with Gasteiger partial charge in [0, 0.05) is 63.5 Å². The zero-order valence-electron chi connectivity index (χ0n) is 22.6. The Hall–Kier alpha value is -4.50. The molecular weight excluding hydrogens is 504 g/mol. The third-order valence-electron chi connectivity index (χ3n) is 7.74. The molecule has 1 aromatic heterocycles. The standard InChI is InChI=1S/C31H34N6O3/c1-34-31-24(19-32-34)21-37(29-8-3-2-7-28(29)33-31)30(40)10-9-22-5-4-6-25(15-22)36-13-11-35(12-14-36)20-23-16-26(38)18-27(39)17-23/h2-8,15-19,33,38-39H,9-14,20-21H2,1H3. The van der Waals surface area contributed by atoms with Crippen molar-refractivity contribution in [2.45, 2.75) is 25.9 Å². The smallest absolute Gasteiger partial charge is 0.227 e. The Morgan fingerprint density at radius 2 is 1.70 bits per heavy atom. The number of piperazine rings is 1. The Morgan fingerprint density at radius 1 is 0.925 bits per heavy atom. The molecule has 40 heavy (non-hydrogen) atoms. The number of para-hydroxylation sites is 2. The van der Waals surface area contributed by atoms with Crippen LogP contribution in [0.1, 0.15) is 23.1 Å². The van der Waals surface area contributed by atoms with Crippen molar-refractivity contribution in [3.05, 3.63) is 89.6 Å². The van der Waals surface area contributed by atoms with Crippen LogP contribution in [0.4, 0.5) is 22.9 Å². The first-order chi connectivity index (χ1) is 19.4. The molecule has 6 rings (SSSR count). The van der Waals surface area contributed by atoms with Crippen LogP contribution in [0.25, 0.3) is 0 Å². The summed E-state index contributed by atoms with van der Waals surface area (Å²) in [6.07, 6.45) is 2.91. The van der Waals surface area contributed by atoms with Gasteiger partial charge in [-0.25, -0.2) is 0 Å². The number of nitrogens with zero attached hydrogens (tertiary/aromatic N) is 5. The second kappa shape index (κ2) is 10.9. The molecular formula is C31H34N6O3. The van der Waals surface area contributed by atoms with Crippen LogP contribution in [-0.2, 0) is 31.4 Å². The van der Waals surface area contributed by atoms with Crippen molar-refractivity contribution in [2.75, 3.05) is 41.3 Å². The number of aryl methyl sites for hydroxylation is 2. The van der Waals surface area contributed by atoms with Crippen LogP contribution in [-0.4, -0.2) is 57.0 Å². The third-order valence-corrected chi connectivity index (χ3v) is 7.74. The summed E-state index contributed by atoms with van der Waals surface area (Å²) >= 11 is 0. The van der Waals surface area contributed by atoms with E-state index in [1.807, 2.05) is 47.1 Å². The van der Waals surface area contributed by atoms with Crippen molar-refractivity contribution in [3.8, 4) is 11.5 Å². The van der Waals surface area contributed by atoms with Crippen molar-refractivity contribution in [3.63, 3.8) is 0 Å². The molecule has 1 fully saturated rings. The summed E-state index contributed by atoms with van der Waals surface area (Å²) in [5, 5.41) is 27.4. The number of carbonyl (C=O) groups excluding carboxylic acids is 1. The lowest BCUT2D eigenvalue weighted by molar-refractivity contribution is -0.118. The van der Waals surface area contributed by atoms with Gasteiger partial charge in [-0.15, -0.1) is 0 Å². The number of phenols is 2. The maximum absolute atomic E-state index is 13.5. The molecule has 3 N–H and O–H groups in total. The monoisotopic (exact) mass is 538 g/mol. The first-order valence-corrected chi connectivity index (χ1v) is 13.7. The quantitative estimate of drug-likeness (QED) is 0.335. The van der Waals surface area contributed by atoms with Gasteiger partial charge < -0.3 is 25.3 Å². The summed E-state index contributed by atoms with van der Waals surface area (Å²) < 4.78 is 1.81. The van der Waals surface area contributed by atoms with E-state index in [4.69, 9.17) is 0 Å². The number of phenolic OH excluding ortho intramolecular Hbond substituents is 2.